The van der Waals surface area contributed by atoms with Crippen LogP contribution >= 0.6 is 0 Å². The maximum absolute atomic E-state index is 13.8. The first-order valence-corrected chi connectivity index (χ1v) is 12.0. The molecule has 8 heteroatoms. The first kappa shape index (κ1) is 21.3. The lowest BCUT2D eigenvalue weighted by atomic mass is 9.76. The lowest BCUT2D eigenvalue weighted by molar-refractivity contribution is -0.142. The molecule has 3 aromatic heterocycles. The SMILES string of the molecule is O=C(O)[C@H]1CC[C@H](c2c(C3CCOCC3)n(-c3ccc(F)cc3)c3cc4cn[nH]c4nc32)CC1. The molecule has 176 valence electrons. The molecule has 1 aliphatic heterocycles. The zero-order valence-corrected chi connectivity index (χ0v) is 18.8. The molecule has 34 heavy (non-hydrogen) atoms. The van der Waals surface area contributed by atoms with Crippen molar-refractivity contribution in [3.63, 3.8) is 0 Å². The summed E-state index contributed by atoms with van der Waals surface area (Å²) in [4.78, 5) is 16.6. The smallest absolute Gasteiger partial charge is 0.306 e. The van der Waals surface area contributed by atoms with Crippen LogP contribution in [0.4, 0.5) is 4.39 Å². The first-order valence-electron chi connectivity index (χ1n) is 12.0. The summed E-state index contributed by atoms with van der Waals surface area (Å²) in [6.07, 6.45) is 6.57. The number of pyridine rings is 1. The number of nitrogens with zero attached hydrogens (tertiary/aromatic N) is 3. The summed E-state index contributed by atoms with van der Waals surface area (Å²) in [6, 6.07) is 8.75. The van der Waals surface area contributed by atoms with Gasteiger partial charge in [-0.3, -0.25) is 9.89 Å². The largest absolute Gasteiger partial charge is 0.481 e. The Morgan fingerprint density at radius 1 is 1.06 bits per heavy atom. The van der Waals surface area contributed by atoms with Gasteiger partial charge in [0, 0.05) is 41.5 Å². The number of ether oxygens (including phenoxy) is 1. The summed E-state index contributed by atoms with van der Waals surface area (Å²) in [5.41, 5.74) is 5.99. The van der Waals surface area contributed by atoms with E-state index in [-0.39, 0.29) is 23.6 Å². The molecular formula is C26H27FN4O3. The predicted molar refractivity (Wildman–Crippen MR) is 126 cm³/mol. The number of fused-ring (bicyclic) bond motifs is 2. The van der Waals surface area contributed by atoms with Gasteiger partial charge in [-0.25, -0.2) is 9.37 Å². The number of H-pyrrole nitrogens is 1. The molecule has 6 rings (SSSR count). The van der Waals surface area contributed by atoms with Gasteiger partial charge < -0.3 is 14.4 Å². The Morgan fingerprint density at radius 3 is 2.50 bits per heavy atom. The maximum Gasteiger partial charge on any atom is 0.306 e. The van der Waals surface area contributed by atoms with Gasteiger partial charge in [0.2, 0.25) is 0 Å². The molecule has 0 spiro atoms. The van der Waals surface area contributed by atoms with Gasteiger partial charge in [0.1, 0.15) is 5.82 Å². The molecule has 0 radical (unpaired) electrons. The lowest BCUT2D eigenvalue weighted by Gasteiger charge is -2.30. The van der Waals surface area contributed by atoms with E-state index in [1.54, 1.807) is 6.20 Å². The number of carbonyl (C=O) groups is 1. The van der Waals surface area contributed by atoms with Crippen LogP contribution in [0.25, 0.3) is 27.8 Å². The number of halogens is 1. The molecule has 0 atom stereocenters. The number of hydrogen-bond acceptors (Lipinski definition) is 4. The Hall–Kier alpha value is -3.26. The van der Waals surface area contributed by atoms with Gasteiger partial charge in [0.25, 0.3) is 0 Å². The van der Waals surface area contributed by atoms with E-state index in [2.05, 4.69) is 20.8 Å². The van der Waals surface area contributed by atoms with Crippen molar-refractivity contribution in [2.24, 2.45) is 5.92 Å². The van der Waals surface area contributed by atoms with Crippen molar-refractivity contribution in [2.45, 2.75) is 50.4 Å². The molecule has 0 unspecified atom stereocenters. The molecule has 4 aromatic rings. The van der Waals surface area contributed by atoms with Gasteiger partial charge in [-0.2, -0.15) is 5.10 Å². The van der Waals surface area contributed by atoms with Crippen molar-refractivity contribution in [2.75, 3.05) is 13.2 Å². The van der Waals surface area contributed by atoms with Crippen LogP contribution in [0.2, 0.25) is 0 Å². The molecule has 2 N–H and O–H groups in total. The third-order valence-corrected chi connectivity index (χ3v) is 7.60. The topological polar surface area (TPSA) is 93.0 Å². The molecular weight excluding hydrogens is 435 g/mol. The summed E-state index contributed by atoms with van der Waals surface area (Å²) < 4.78 is 21.8. The van der Waals surface area contributed by atoms with E-state index in [1.165, 1.54) is 23.4 Å². The molecule has 2 aliphatic rings. The summed E-state index contributed by atoms with van der Waals surface area (Å²) in [7, 11) is 0. The molecule has 1 aliphatic carbocycles. The fraction of sp³-hybridized carbons (Fsp3) is 0.423. The Balaban J connectivity index is 1.60. The number of benzene rings is 1. The predicted octanol–water partition coefficient (Wildman–Crippen LogP) is 5.29. The third-order valence-electron chi connectivity index (χ3n) is 7.60. The second-order valence-electron chi connectivity index (χ2n) is 9.55. The van der Waals surface area contributed by atoms with Crippen molar-refractivity contribution >= 4 is 28.0 Å². The number of aromatic nitrogens is 4. The van der Waals surface area contributed by atoms with E-state index >= 15 is 0 Å². The Morgan fingerprint density at radius 2 is 1.79 bits per heavy atom. The van der Waals surface area contributed by atoms with E-state index in [4.69, 9.17) is 9.72 Å². The highest BCUT2D eigenvalue weighted by Gasteiger charge is 2.35. The second kappa shape index (κ2) is 8.51. The van der Waals surface area contributed by atoms with E-state index < -0.39 is 5.97 Å². The van der Waals surface area contributed by atoms with E-state index in [0.717, 1.165) is 53.4 Å². The summed E-state index contributed by atoms with van der Waals surface area (Å²) in [6.45, 7) is 1.41. The molecule has 1 aromatic carbocycles. The third kappa shape index (κ3) is 3.57. The monoisotopic (exact) mass is 462 g/mol. The standard InChI is InChI=1S/C26H27FN4O3/c27-19-5-7-20(8-6-19)31-21-13-18-14-28-30-25(18)29-23(21)22(24(31)16-9-11-34-12-10-16)15-1-3-17(4-2-15)26(32)33/h5-8,13-17H,1-4,9-12H2,(H,32,33)(H,28,29,30)/t15-,17-. The minimum Gasteiger partial charge on any atom is -0.481 e. The van der Waals surface area contributed by atoms with E-state index in [0.29, 0.717) is 26.1 Å². The summed E-state index contributed by atoms with van der Waals surface area (Å²) in [5, 5.41) is 17.6. The van der Waals surface area contributed by atoms with Crippen molar-refractivity contribution in [3.8, 4) is 5.69 Å². The second-order valence-corrected chi connectivity index (χ2v) is 9.55. The normalized spacial score (nSPS) is 21.9. The van der Waals surface area contributed by atoms with Crippen LogP contribution in [0.15, 0.2) is 36.5 Å². The first-order chi connectivity index (χ1) is 16.6. The molecule has 1 saturated heterocycles. The lowest BCUT2D eigenvalue weighted by Crippen LogP contribution is -2.23. The van der Waals surface area contributed by atoms with Crippen molar-refractivity contribution < 1.29 is 19.0 Å². The number of hydrogen-bond donors (Lipinski definition) is 2. The average molecular weight is 463 g/mol. The van der Waals surface area contributed by atoms with Gasteiger partial charge >= 0.3 is 5.97 Å². The zero-order valence-electron chi connectivity index (χ0n) is 18.8. The number of rotatable bonds is 4. The fourth-order valence-electron chi connectivity index (χ4n) is 5.88. The number of aromatic amines is 1. The van der Waals surface area contributed by atoms with Gasteiger partial charge in [0.05, 0.1) is 23.1 Å². The van der Waals surface area contributed by atoms with Crippen LogP contribution in [-0.4, -0.2) is 44.0 Å². The highest BCUT2D eigenvalue weighted by molar-refractivity contribution is 5.93. The van der Waals surface area contributed by atoms with Crippen molar-refractivity contribution in [1.29, 1.82) is 0 Å². The van der Waals surface area contributed by atoms with E-state index in [9.17, 15) is 14.3 Å². The molecule has 4 heterocycles. The molecule has 7 nitrogen and oxygen atoms in total. The van der Waals surface area contributed by atoms with Crippen LogP contribution in [0, 0.1) is 11.7 Å². The molecule has 1 saturated carbocycles. The molecule has 0 bridgehead atoms. The maximum atomic E-state index is 13.8. The van der Waals surface area contributed by atoms with E-state index in [1.807, 2.05) is 12.1 Å². The van der Waals surface area contributed by atoms with Crippen molar-refractivity contribution in [1.82, 2.24) is 19.7 Å². The quantitative estimate of drug-likeness (QED) is 0.430. The number of carboxylic acid groups (broad SMARTS) is 1. The Kier molecular flexibility index (Phi) is 5.32. The van der Waals surface area contributed by atoms with Gasteiger partial charge in [-0.1, -0.05) is 0 Å². The van der Waals surface area contributed by atoms with Crippen LogP contribution in [-0.2, 0) is 9.53 Å². The van der Waals surface area contributed by atoms with Gasteiger partial charge in [0.15, 0.2) is 5.65 Å². The van der Waals surface area contributed by atoms with Crippen LogP contribution < -0.4 is 0 Å². The highest BCUT2D eigenvalue weighted by Crippen LogP contribution is 2.46. The van der Waals surface area contributed by atoms with Crippen LogP contribution in [0.1, 0.15) is 61.6 Å². The zero-order chi connectivity index (χ0) is 23.2. The average Bonchev–Trinajstić information content (AvgIpc) is 3.45. The number of carboxylic acids is 1. The van der Waals surface area contributed by atoms with Gasteiger partial charge in [-0.05, 0) is 74.8 Å². The Labute approximate surface area is 195 Å². The number of nitrogens with one attached hydrogen (secondary N) is 1. The summed E-state index contributed by atoms with van der Waals surface area (Å²) >= 11 is 0. The van der Waals surface area contributed by atoms with Crippen LogP contribution in [0.5, 0.6) is 0 Å². The Bertz CT molecular complexity index is 1350. The molecule has 0 amide bonds. The number of aliphatic carboxylic acids is 1. The minimum atomic E-state index is -0.700. The van der Waals surface area contributed by atoms with Gasteiger partial charge in [-0.15, -0.1) is 0 Å². The summed E-state index contributed by atoms with van der Waals surface area (Å²) in [5.74, 6) is -0.729. The fourth-order valence-corrected chi connectivity index (χ4v) is 5.88. The minimum absolute atomic E-state index is 0.227. The molecule has 2 fully saturated rings. The van der Waals surface area contributed by atoms with Crippen molar-refractivity contribution in [3.05, 3.63) is 53.6 Å². The van der Waals surface area contributed by atoms with Crippen LogP contribution in [0.3, 0.4) is 0 Å². The highest BCUT2D eigenvalue weighted by atomic mass is 19.1.